The number of piperazine rings is 1. The summed E-state index contributed by atoms with van der Waals surface area (Å²) in [6.45, 7) is 9.84. The first kappa shape index (κ1) is 11.5. The van der Waals surface area contributed by atoms with E-state index in [1.54, 1.807) is 6.92 Å². The van der Waals surface area contributed by atoms with Gasteiger partial charge in [-0.2, -0.15) is 0 Å². The van der Waals surface area contributed by atoms with Gasteiger partial charge >= 0.3 is 0 Å². The summed E-state index contributed by atoms with van der Waals surface area (Å²) in [6, 6.07) is 0. The number of nitrogens with zero attached hydrogens (tertiary/aromatic N) is 2. The first-order chi connectivity index (χ1) is 6.63. The van der Waals surface area contributed by atoms with E-state index in [1.165, 1.54) is 0 Å². The zero-order valence-electron chi connectivity index (χ0n) is 8.63. The first-order valence-corrected chi connectivity index (χ1v) is 5.37. The lowest BCUT2D eigenvalue weighted by atomic mass is 10.2. The van der Waals surface area contributed by atoms with Crippen LogP contribution >= 0.6 is 11.6 Å². The fourth-order valence-electron chi connectivity index (χ4n) is 1.58. The standard InChI is InChI=1S/C10H17ClN2O/c1-9(7-11)8-12-3-5-13(6-4-12)10(2)14/h1,3-8H2,2H3. The van der Waals surface area contributed by atoms with Gasteiger partial charge in [0.2, 0.25) is 5.91 Å². The molecule has 1 saturated heterocycles. The second-order valence-electron chi connectivity index (χ2n) is 3.67. The third kappa shape index (κ3) is 3.31. The van der Waals surface area contributed by atoms with Gasteiger partial charge in [0.25, 0.3) is 0 Å². The van der Waals surface area contributed by atoms with Gasteiger partial charge in [-0.3, -0.25) is 9.69 Å². The molecular weight excluding hydrogens is 200 g/mol. The second kappa shape index (κ2) is 5.37. The summed E-state index contributed by atoms with van der Waals surface area (Å²) in [5.74, 6) is 0.688. The van der Waals surface area contributed by atoms with Crippen LogP contribution in [0.1, 0.15) is 6.92 Å². The monoisotopic (exact) mass is 216 g/mol. The van der Waals surface area contributed by atoms with Crippen molar-refractivity contribution in [3.63, 3.8) is 0 Å². The van der Waals surface area contributed by atoms with Crippen molar-refractivity contribution >= 4 is 17.5 Å². The van der Waals surface area contributed by atoms with Crippen molar-refractivity contribution in [1.82, 2.24) is 9.80 Å². The first-order valence-electron chi connectivity index (χ1n) is 4.84. The number of hydrogen-bond donors (Lipinski definition) is 0. The van der Waals surface area contributed by atoms with E-state index >= 15 is 0 Å². The molecule has 1 aliphatic rings. The van der Waals surface area contributed by atoms with Crippen molar-refractivity contribution in [2.75, 3.05) is 38.6 Å². The maximum atomic E-state index is 11.1. The van der Waals surface area contributed by atoms with Crippen LogP contribution in [0.2, 0.25) is 0 Å². The molecule has 0 spiro atoms. The van der Waals surface area contributed by atoms with E-state index in [0.717, 1.165) is 38.3 Å². The Kier molecular flexibility index (Phi) is 4.42. The minimum Gasteiger partial charge on any atom is -0.340 e. The molecule has 0 N–H and O–H groups in total. The Bertz CT molecular complexity index is 222. The lowest BCUT2D eigenvalue weighted by molar-refractivity contribution is -0.130. The molecule has 80 valence electrons. The predicted octanol–water partition coefficient (Wildman–Crippen LogP) is 0.946. The summed E-state index contributed by atoms with van der Waals surface area (Å²) in [6.07, 6.45) is 0. The van der Waals surface area contributed by atoms with Crippen LogP contribution in [0.4, 0.5) is 0 Å². The molecule has 3 nitrogen and oxygen atoms in total. The number of halogens is 1. The Labute approximate surface area is 90.3 Å². The molecule has 0 aromatic heterocycles. The highest BCUT2D eigenvalue weighted by molar-refractivity contribution is 6.19. The zero-order valence-corrected chi connectivity index (χ0v) is 9.39. The van der Waals surface area contributed by atoms with Crippen LogP contribution in [-0.4, -0.2) is 54.3 Å². The zero-order chi connectivity index (χ0) is 10.6. The molecule has 1 amide bonds. The third-order valence-corrected chi connectivity index (χ3v) is 2.83. The summed E-state index contributed by atoms with van der Waals surface area (Å²) in [7, 11) is 0. The number of hydrogen-bond acceptors (Lipinski definition) is 2. The van der Waals surface area contributed by atoms with Crippen LogP contribution < -0.4 is 0 Å². The molecule has 0 atom stereocenters. The van der Waals surface area contributed by atoms with E-state index in [4.69, 9.17) is 11.6 Å². The normalized spacial score (nSPS) is 18.3. The fraction of sp³-hybridized carbons (Fsp3) is 0.700. The van der Waals surface area contributed by atoms with E-state index in [9.17, 15) is 4.79 Å². The van der Waals surface area contributed by atoms with Crippen LogP contribution in [0, 0.1) is 0 Å². The van der Waals surface area contributed by atoms with E-state index in [1.807, 2.05) is 4.90 Å². The van der Waals surface area contributed by atoms with E-state index in [2.05, 4.69) is 11.5 Å². The van der Waals surface area contributed by atoms with Crippen LogP contribution in [-0.2, 0) is 4.79 Å². The molecule has 0 aromatic rings. The highest BCUT2D eigenvalue weighted by Gasteiger charge is 2.18. The van der Waals surface area contributed by atoms with E-state index in [0.29, 0.717) is 5.88 Å². The van der Waals surface area contributed by atoms with Gasteiger partial charge in [0, 0.05) is 45.5 Å². The van der Waals surface area contributed by atoms with Crippen molar-refractivity contribution in [3.05, 3.63) is 12.2 Å². The summed E-state index contributed by atoms with van der Waals surface area (Å²) in [5.41, 5.74) is 1.04. The van der Waals surface area contributed by atoms with E-state index in [-0.39, 0.29) is 5.91 Å². The Morgan fingerprint density at radius 1 is 1.36 bits per heavy atom. The molecular formula is C10H17ClN2O. The molecule has 1 heterocycles. The largest absolute Gasteiger partial charge is 0.340 e. The average molecular weight is 217 g/mol. The highest BCUT2D eigenvalue weighted by Crippen LogP contribution is 2.05. The topological polar surface area (TPSA) is 23.6 Å². The van der Waals surface area contributed by atoms with Gasteiger partial charge in [-0.15, -0.1) is 11.6 Å². The summed E-state index contributed by atoms with van der Waals surface area (Å²) >= 11 is 5.66. The number of carbonyl (C=O) groups excluding carboxylic acids is 1. The molecule has 0 aromatic carbocycles. The average Bonchev–Trinajstić information content (AvgIpc) is 2.18. The van der Waals surface area contributed by atoms with Crippen molar-refractivity contribution in [1.29, 1.82) is 0 Å². The quantitative estimate of drug-likeness (QED) is 0.518. The second-order valence-corrected chi connectivity index (χ2v) is 3.93. The fourth-order valence-corrected chi connectivity index (χ4v) is 1.66. The van der Waals surface area contributed by atoms with Gasteiger partial charge in [-0.25, -0.2) is 0 Å². The van der Waals surface area contributed by atoms with Gasteiger partial charge in [0.1, 0.15) is 0 Å². The van der Waals surface area contributed by atoms with Gasteiger partial charge in [0.15, 0.2) is 0 Å². The summed E-state index contributed by atoms with van der Waals surface area (Å²) in [5, 5.41) is 0. The maximum absolute atomic E-state index is 11.1. The molecule has 14 heavy (non-hydrogen) atoms. The molecule has 1 aliphatic heterocycles. The van der Waals surface area contributed by atoms with Gasteiger partial charge in [-0.05, 0) is 5.57 Å². The SMILES string of the molecule is C=C(CCl)CN1CCN(C(C)=O)CC1. The molecule has 4 heteroatoms. The Hall–Kier alpha value is -0.540. The van der Waals surface area contributed by atoms with E-state index < -0.39 is 0 Å². The van der Waals surface area contributed by atoms with Crippen LogP contribution in [0.3, 0.4) is 0 Å². The van der Waals surface area contributed by atoms with Crippen molar-refractivity contribution < 1.29 is 4.79 Å². The number of amides is 1. The minimum absolute atomic E-state index is 0.167. The summed E-state index contributed by atoms with van der Waals surface area (Å²) in [4.78, 5) is 15.2. The molecule has 1 fully saturated rings. The minimum atomic E-state index is 0.167. The molecule has 0 radical (unpaired) electrons. The van der Waals surface area contributed by atoms with Crippen LogP contribution in [0.5, 0.6) is 0 Å². The molecule has 1 rings (SSSR count). The third-order valence-electron chi connectivity index (χ3n) is 2.45. The lowest BCUT2D eigenvalue weighted by Crippen LogP contribution is -2.48. The summed E-state index contributed by atoms with van der Waals surface area (Å²) < 4.78 is 0. The predicted molar refractivity (Wildman–Crippen MR) is 58.6 cm³/mol. The number of carbonyl (C=O) groups is 1. The Balaban J connectivity index is 2.29. The highest BCUT2D eigenvalue weighted by atomic mass is 35.5. The van der Waals surface area contributed by atoms with Crippen molar-refractivity contribution in [3.8, 4) is 0 Å². The van der Waals surface area contributed by atoms with Gasteiger partial charge in [0.05, 0.1) is 0 Å². The lowest BCUT2D eigenvalue weighted by Gasteiger charge is -2.34. The van der Waals surface area contributed by atoms with Gasteiger partial charge in [-0.1, -0.05) is 6.58 Å². The molecule has 0 aliphatic carbocycles. The van der Waals surface area contributed by atoms with Crippen LogP contribution in [0.15, 0.2) is 12.2 Å². The smallest absolute Gasteiger partial charge is 0.219 e. The maximum Gasteiger partial charge on any atom is 0.219 e. The molecule has 0 bridgehead atoms. The Morgan fingerprint density at radius 2 is 1.93 bits per heavy atom. The molecule has 0 saturated carbocycles. The Morgan fingerprint density at radius 3 is 2.36 bits per heavy atom. The van der Waals surface area contributed by atoms with Gasteiger partial charge < -0.3 is 4.90 Å². The van der Waals surface area contributed by atoms with Crippen molar-refractivity contribution in [2.45, 2.75) is 6.92 Å². The van der Waals surface area contributed by atoms with Crippen LogP contribution in [0.25, 0.3) is 0 Å². The number of alkyl halides is 1. The molecule has 0 unspecified atom stereocenters. The van der Waals surface area contributed by atoms with Crippen molar-refractivity contribution in [2.24, 2.45) is 0 Å². The number of rotatable bonds is 3.